The van der Waals surface area contributed by atoms with Crippen LogP contribution < -0.4 is 0 Å². The van der Waals surface area contributed by atoms with E-state index < -0.39 is 5.60 Å². The summed E-state index contributed by atoms with van der Waals surface area (Å²) in [6.45, 7) is 8.60. The van der Waals surface area contributed by atoms with Crippen molar-refractivity contribution < 1.29 is 14.6 Å². The Labute approximate surface area is 102 Å². The molecular formula is C12H22N2O3. The molecule has 0 aromatic rings. The van der Waals surface area contributed by atoms with Crippen molar-refractivity contribution in [1.82, 2.24) is 9.80 Å². The number of nitrogens with zero attached hydrogens (tertiary/aromatic N) is 2. The molecular weight excluding hydrogens is 220 g/mol. The van der Waals surface area contributed by atoms with Crippen LogP contribution >= 0.6 is 0 Å². The van der Waals surface area contributed by atoms with E-state index in [0.29, 0.717) is 6.04 Å². The summed E-state index contributed by atoms with van der Waals surface area (Å²) in [6, 6.07) is 0.394. The van der Waals surface area contributed by atoms with Crippen LogP contribution in [0.5, 0.6) is 0 Å². The molecule has 1 amide bonds. The maximum atomic E-state index is 11.8. The highest BCUT2D eigenvalue weighted by Crippen LogP contribution is 2.22. The fourth-order valence-corrected chi connectivity index (χ4v) is 2.32. The summed E-state index contributed by atoms with van der Waals surface area (Å²) in [5.74, 6) is 0. The molecule has 2 fully saturated rings. The van der Waals surface area contributed by atoms with Crippen molar-refractivity contribution >= 4 is 6.09 Å². The first kappa shape index (κ1) is 12.6. The molecule has 2 saturated heterocycles. The summed E-state index contributed by atoms with van der Waals surface area (Å²) in [5, 5.41) is 9.26. The Morgan fingerprint density at radius 2 is 1.94 bits per heavy atom. The molecule has 0 aromatic heterocycles. The molecule has 0 radical (unpaired) electrons. The molecule has 0 saturated carbocycles. The van der Waals surface area contributed by atoms with E-state index in [1.165, 1.54) is 0 Å². The van der Waals surface area contributed by atoms with Gasteiger partial charge in [-0.1, -0.05) is 0 Å². The summed E-state index contributed by atoms with van der Waals surface area (Å²) in [5.41, 5.74) is -0.428. The second-order valence-corrected chi connectivity index (χ2v) is 5.98. The normalized spacial score (nSPS) is 27.1. The summed E-state index contributed by atoms with van der Waals surface area (Å²) < 4.78 is 5.34. The van der Waals surface area contributed by atoms with Crippen molar-refractivity contribution in [1.29, 1.82) is 0 Å². The predicted octanol–water partition coefficient (Wildman–Crippen LogP) is 0.672. The fourth-order valence-electron chi connectivity index (χ4n) is 2.32. The van der Waals surface area contributed by atoms with Crippen molar-refractivity contribution in [2.24, 2.45) is 0 Å². The number of rotatable bonds is 1. The third-order valence-electron chi connectivity index (χ3n) is 3.22. The topological polar surface area (TPSA) is 53.0 Å². The quantitative estimate of drug-likeness (QED) is 0.734. The molecule has 0 aromatic carbocycles. The molecule has 2 aliphatic rings. The fraction of sp³-hybridized carbons (Fsp3) is 0.917. The minimum atomic E-state index is -0.428. The van der Waals surface area contributed by atoms with Gasteiger partial charge >= 0.3 is 6.09 Å². The van der Waals surface area contributed by atoms with Crippen molar-refractivity contribution in [3.63, 3.8) is 0 Å². The van der Waals surface area contributed by atoms with Gasteiger partial charge < -0.3 is 14.7 Å². The zero-order valence-corrected chi connectivity index (χ0v) is 10.8. The first-order valence-corrected chi connectivity index (χ1v) is 6.25. The average Bonchev–Trinajstić information content (AvgIpc) is 2.58. The van der Waals surface area contributed by atoms with Crippen LogP contribution in [0.2, 0.25) is 0 Å². The van der Waals surface area contributed by atoms with Gasteiger partial charge in [-0.25, -0.2) is 4.79 Å². The maximum Gasteiger partial charge on any atom is 0.410 e. The summed E-state index contributed by atoms with van der Waals surface area (Å²) in [4.78, 5) is 15.8. The van der Waals surface area contributed by atoms with Gasteiger partial charge in [-0.05, 0) is 27.2 Å². The van der Waals surface area contributed by atoms with Crippen LogP contribution in [0.4, 0.5) is 4.79 Å². The minimum Gasteiger partial charge on any atom is -0.444 e. The van der Waals surface area contributed by atoms with E-state index in [1.807, 2.05) is 20.8 Å². The van der Waals surface area contributed by atoms with Gasteiger partial charge in [-0.2, -0.15) is 0 Å². The number of carbonyl (C=O) groups is 1. The number of likely N-dealkylation sites (tertiary alicyclic amines) is 2. The number of aliphatic hydroxyl groups excluding tert-OH is 1. The molecule has 1 atom stereocenters. The van der Waals surface area contributed by atoms with Crippen LogP contribution in [-0.2, 0) is 4.74 Å². The van der Waals surface area contributed by atoms with E-state index in [1.54, 1.807) is 4.90 Å². The van der Waals surface area contributed by atoms with Crippen molar-refractivity contribution in [3.05, 3.63) is 0 Å². The van der Waals surface area contributed by atoms with E-state index in [-0.39, 0.29) is 12.2 Å². The lowest BCUT2D eigenvalue weighted by Gasteiger charge is -2.40. The molecule has 0 unspecified atom stereocenters. The highest BCUT2D eigenvalue weighted by molar-refractivity contribution is 5.68. The number of amides is 1. The second kappa shape index (κ2) is 4.46. The van der Waals surface area contributed by atoms with Crippen LogP contribution in [0.25, 0.3) is 0 Å². The Bertz CT molecular complexity index is 295. The first-order chi connectivity index (χ1) is 7.85. The Balaban J connectivity index is 1.79. The molecule has 2 rings (SSSR count). The summed E-state index contributed by atoms with van der Waals surface area (Å²) in [6.07, 6.45) is 0.582. The Morgan fingerprint density at radius 3 is 2.47 bits per heavy atom. The van der Waals surface area contributed by atoms with Crippen LogP contribution in [-0.4, -0.2) is 64.9 Å². The van der Waals surface area contributed by atoms with Crippen molar-refractivity contribution in [2.45, 2.75) is 44.9 Å². The monoisotopic (exact) mass is 242 g/mol. The van der Waals surface area contributed by atoms with Crippen molar-refractivity contribution in [3.8, 4) is 0 Å². The Hall–Kier alpha value is -0.810. The van der Waals surface area contributed by atoms with Crippen LogP contribution in [0.1, 0.15) is 27.2 Å². The third kappa shape index (κ3) is 3.10. The summed E-state index contributed by atoms with van der Waals surface area (Å²) in [7, 11) is 0. The molecule has 2 heterocycles. The molecule has 0 bridgehead atoms. The number of ether oxygens (including phenoxy) is 1. The van der Waals surface area contributed by atoms with Crippen LogP contribution in [0.15, 0.2) is 0 Å². The Kier molecular flexibility index (Phi) is 3.32. The molecule has 17 heavy (non-hydrogen) atoms. The maximum absolute atomic E-state index is 11.8. The van der Waals surface area contributed by atoms with Gasteiger partial charge in [0.25, 0.3) is 0 Å². The number of carbonyl (C=O) groups excluding carboxylic acids is 1. The SMILES string of the molecule is CC(C)(C)OC(=O)N1CC[C@@H](N2CC(O)C2)C1. The molecule has 98 valence electrons. The molecule has 0 spiro atoms. The lowest BCUT2D eigenvalue weighted by molar-refractivity contribution is -0.0232. The largest absolute Gasteiger partial charge is 0.444 e. The Morgan fingerprint density at radius 1 is 1.29 bits per heavy atom. The third-order valence-corrected chi connectivity index (χ3v) is 3.22. The first-order valence-electron chi connectivity index (χ1n) is 6.25. The highest BCUT2D eigenvalue weighted by atomic mass is 16.6. The van der Waals surface area contributed by atoms with Crippen LogP contribution in [0, 0.1) is 0 Å². The number of β-amino-alcohol motifs (C(OH)–C–C–N with tert-alkyl or cyclic N) is 1. The zero-order valence-electron chi connectivity index (χ0n) is 10.8. The van der Waals surface area contributed by atoms with E-state index >= 15 is 0 Å². The standard InChI is InChI=1S/C12H22N2O3/c1-12(2,3)17-11(16)13-5-4-9(6-13)14-7-10(15)8-14/h9-10,15H,4-8H2,1-3H3/t9-/m1/s1. The molecule has 0 aliphatic carbocycles. The number of aliphatic hydroxyl groups is 1. The average molecular weight is 242 g/mol. The number of hydrogen-bond donors (Lipinski definition) is 1. The van der Waals surface area contributed by atoms with E-state index in [2.05, 4.69) is 4.90 Å². The smallest absolute Gasteiger partial charge is 0.410 e. The lowest BCUT2D eigenvalue weighted by Crippen LogP contribution is -2.56. The summed E-state index contributed by atoms with van der Waals surface area (Å²) >= 11 is 0. The zero-order chi connectivity index (χ0) is 12.6. The van der Waals surface area contributed by atoms with Gasteiger partial charge in [-0.3, -0.25) is 4.90 Å². The van der Waals surface area contributed by atoms with Crippen molar-refractivity contribution in [2.75, 3.05) is 26.2 Å². The van der Waals surface area contributed by atoms with E-state index in [9.17, 15) is 9.90 Å². The second-order valence-electron chi connectivity index (χ2n) is 5.98. The van der Waals surface area contributed by atoms with Gasteiger partial charge in [-0.15, -0.1) is 0 Å². The van der Waals surface area contributed by atoms with Gasteiger partial charge in [0.2, 0.25) is 0 Å². The lowest BCUT2D eigenvalue weighted by atomic mass is 10.1. The van der Waals surface area contributed by atoms with E-state index in [4.69, 9.17) is 4.74 Å². The molecule has 5 nitrogen and oxygen atoms in total. The molecule has 5 heteroatoms. The van der Waals surface area contributed by atoms with Gasteiger partial charge in [0.05, 0.1) is 6.10 Å². The molecule has 1 N–H and O–H groups in total. The number of hydrogen-bond acceptors (Lipinski definition) is 4. The van der Waals surface area contributed by atoms with Crippen LogP contribution in [0.3, 0.4) is 0 Å². The molecule has 2 aliphatic heterocycles. The highest BCUT2D eigenvalue weighted by Gasteiger charge is 2.37. The predicted molar refractivity (Wildman–Crippen MR) is 63.8 cm³/mol. The van der Waals surface area contributed by atoms with Gasteiger partial charge in [0, 0.05) is 32.2 Å². The van der Waals surface area contributed by atoms with Gasteiger partial charge in [0.1, 0.15) is 5.60 Å². The van der Waals surface area contributed by atoms with Gasteiger partial charge in [0.15, 0.2) is 0 Å². The minimum absolute atomic E-state index is 0.175. The van der Waals surface area contributed by atoms with E-state index in [0.717, 1.165) is 32.6 Å².